The van der Waals surface area contributed by atoms with E-state index in [4.69, 9.17) is 4.74 Å². The second kappa shape index (κ2) is 8.39. The Morgan fingerprint density at radius 3 is 2.17 bits per heavy atom. The summed E-state index contributed by atoms with van der Waals surface area (Å²) in [5.41, 5.74) is -0.401. The molecule has 1 amide bonds. The van der Waals surface area contributed by atoms with Gasteiger partial charge in [0.1, 0.15) is 5.60 Å². The zero-order valence-electron chi connectivity index (χ0n) is 13.0. The van der Waals surface area contributed by atoms with Crippen molar-refractivity contribution >= 4 is 6.09 Å². The highest BCUT2D eigenvalue weighted by molar-refractivity contribution is 5.68. The zero-order valence-corrected chi connectivity index (χ0v) is 13.0. The average Bonchev–Trinajstić information content (AvgIpc) is 2.20. The second-order valence-corrected chi connectivity index (χ2v) is 6.22. The van der Waals surface area contributed by atoms with Gasteiger partial charge in [-0.25, -0.2) is 4.79 Å². The fourth-order valence-corrected chi connectivity index (χ4v) is 1.99. The van der Waals surface area contributed by atoms with E-state index in [9.17, 15) is 4.79 Å². The predicted octanol–water partition coefficient (Wildman–Crippen LogP) is 4.51. The van der Waals surface area contributed by atoms with Crippen molar-refractivity contribution in [3.63, 3.8) is 0 Å². The number of ether oxygens (including phenoxy) is 1. The lowest BCUT2D eigenvalue weighted by Crippen LogP contribution is -2.43. The Bertz CT molecular complexity index is 233. The Morgan fingerprint density at radius 1 is 1.22 bits per heavy atom. The summed E-state index contributed by atoms with van der Waals surface area (Å²) in [5, 5.41) is 2.96. The first-order valence-corrected chi connectivity index (χ1v) is 7.29. The molecule has 1 N–H and O–H groups in total. The topological polar surface area (TPSA) is 38.3 Å². The van der Waals surface area contributed by atoms with Crippen molar-refractivity contribution < 1.29 is 9.53 Å². The molecular weight excluding hydrogens is 226 g/mol. The molecule has 0 aromatic rings. The molecule has 108 valence electrons. The van der Waals surface area contributed by atoms with Crippen LogP contribution in [0.2, 0.25) is 0 Å². The van der Waals surface area contributed by atoms with Crippen LogP contribution in [0.15, 0.2) is 0 Å². The van der Waals surface area contributed by atoms with Crippen molar-refractivity contribution in [2.24, 2.45) is 5.92 Å². The third-order valence-electron chi connectivity index (χ3n) is 2.81. The summed E-state index contributed by atoms with van der Waals surface area (Å²) in [6.07, 6.45) is 5.76. The molecular formula is C15H31NO2. The molecule has 0 aromatic heterocycles. The molecule has 1 saturated carbocycles. The minimum Gasteiger partial charge on any atom is -0.444 e. The van der Waals surface area contributed by atoms with Gasteiger partial charge in [-0.3, -0.25) is 0 Å². The maximum atomic E-state index is 11.5. The first-order chi connectivity index (χ1) is 8.30. The Hall–Kier alpha value is -0.730. The fraction of sp³-hybridized carbons (Fsp3) is 0.933. The summed E-state index contributed by atoms with van der Waals surface area (Å²) in [4.78, 5) is 11.5. The average molecular weight is 257 g/mol. The molecule has 0 heterocycles. The number of hydrogen-bond donors (Lipinski definition) is 1. The predicted molar refractivity (Wildman–Crippen MR) is 76.8 cm³/mol. The van der Waals surface area contributed by atoms with E-state index in [1.165, 1.54) is 25.7 Å². The van der Waals surface area contributed by atoms with Gasteiger partial charge in [0.05, 0.1) is 0 Å². The molecule has 0 saturated heterocycles. The van der Waals surface area contributed by atoms with Crippen LogP contribution >= 0.6 is 0 Å². The first kappa shape index (κ1) is 17.3. The minimum atomic E-state index is -0.401. The molecule has 1 aliphatic rings. The van der Waals surface area contributed by atoms with Gasteiger partial charge in [-0.1, -0.05) is 40.0 Å². The summed E-state index contributed by atoms with van der Waals surface area (Å²) < 4.78 is 5.24. The van der Waals surface area contributed by atoms with E-state index in [0.29, 0.717) is 12.0 Å². The largest absolute Gasteiger partial charge is 0.444 e. The molecule has 0 aromatic carbocycles. The molecule has 2 atom stereocenters. The minimum absolute atomic E-state index is 0.277. The van der Waals surface area contributed by atoms with Gasteiger partial charge < -0.3 is 10.1 Å². The number of alkyl carbamates (subject to hydrolysis) is 1. The summed E-state index contributed by atoms with van der Waals surface area (Å²) in [6, 6.07) is 0.300. The van der Waals surface area contributed by atoms with Crippen molar-refractivity contribution in [1.29, 1.82) is 0 Å². The van der Waals surface area contributed by atoms with E-state index in [2.05, 4.69) is 26.1 Å². The molecule has 0 spiro atoms. The third kappa shape index (κ3) is 8.37. The van der Waals surface area contributed by atoms with E-state index in [1.54, 1.807) is 0 Å². The SMILES string of the molecule is CCC.C[C@H]1CCCC[C@@H]1NC(=O)OC(C)(C)C. The van der Waals surface area contributed by atoms with Gasteiger partial charge in [0.2, 0.25) is 0 Å². The molecule has 0 radical (unpaired) electrons. The molecule has 1 aliphatic carbocycles. The van der Waals surface area contributed by atoms with Crippen molar-refractivity contribution in [3.05, 3.63) is 0 Å². The van der Waals surface area contributed by atoms with Crippen LogP contribution in [0.1, 0.15) is 73.6 Å². The highest BCUT2D eigenvalue weighted by atomic mass is 16.6. The molecule has 0 aliphatic heterocycles. The van der Waals surface area contributed by atoms with Crippen molar-refractivity contribution in [3.8, 4) is 0 Å². The van der Waals surface area contributed by atoms with Crippen molar-refractivity contribution in [2.75, 3.05) is 0 Å². The highest BCUT2D eigenvalue weighted by Crippen LogP contribution is 2.23. The van der Waals surface area contributed by atoms with E-state index in [-0.39, 0.29) is 6.09 Å². The van der Waals surface area contributed by atoms with Crippen LogP contribution in [0.5, 0.6) is 0 Å². The van der Waals surface area contributed by atoms with Gasteiger partial charge in [-0.2, -0.15) is 0 Å². The number of amides is 1. The molecule has 1 rings (SSSR count). The Morgan fingerprint density at radius 2 is 1.72 bits per heavy atom. The third-order valence-corrected chi connectivity index (χ3v) is 2.81. The summed E-state index contributed by atoms with van der Waals surface area (Å²) in [5.74, 6) is 0.575. The summed E-state index contributed by atoms with van der Waals surface area (Å²) in [7, 11) is 0. The van der Waals surface area contributed by atoms with Gasteiger partial charge in [0.25, 0.3) is 0 Å². The van der Waals surface area contributed by atoms with Crippen LogP contribution in [-0.2, 0) is 4.74 Å². The second-order valence-electron chi connectivity index (χ2n) is 6.22. The summed E-state index contributed by atoms with van der Waals surface area (Å²) in [6.45, 7) is 12.1. The number of carbonyl (C=O) groups is 1. The summed E-state index contributed by atoms with van der Waals surface area (Å²) >= 11 is 0. The van der Waals surface area contributed by atoms with Crippen molar-refractivity contribution in [1.82, 2.24) is 5.32 Å². The van der Waals surface area contributed by atoms with Crippen LogP contribution < -0.4 is 5.32 Å². The van der Waals surface area contributed by atoms with E-state index in [0.717, 1.165) is 6.42 Å². The molecule has 0 bridgehead atoms. The molecule has 1 fully saturated rings. The van der Waals surface area contributed by atoms with Gasteiger partial charge in [0.15, 0.2) is 0 Å². The van der Waals surface area contributed by atoms with Crippen molar-refractivity contribution in [2.45, 2.75) is 85.3 Å². The van der Waals surface area contributed by atoms with Crippen LogP contribution in [0.3, 0.4) is 0 Å². The number of nitrogens with one attached hydrogen (secondary N) is 1. The Balaban J connectivity index is 0.000000873. The van der Waals surface area contributed by atoms with Crippen LogP contribution in [0.4, 0.5) is 4.79 Å². The number of carbonyl (C=O) groups excluding carboxylic acids is 1. The monoisotopic (exact) mass is 257 g/mol. The molecule has 18 heavy (non-hydrogen) atoms. The number of rotatable bonds is 1. The van der Waals surface area contributed by atoms with E-state index < -0.39 is 5.60 Å². The Labute approximate surface area is 113 Å². The van der Waals surface area contributed by atoms with Crippen LogP contribution in [0, 0.1) is 5.92 Å². The molecule has 0 unspecified atom stereocenters. The maximum absolute atomic E-state index is 11.5. The quantitative estimate of drug-likeness (QED) is 0.750. The lowest BCUT2D eigenvalue weighted by atomic mass is 9.86. The van der Waals surface area contributed by atoms with Gasteiger partial charge in [-0.05, 0) is 39.5 Å². The first-order valence-electron chi connectivity index (χ1n) is 7.29. The normalized spacial score (nSPS) is 23.7. The van der Waals surface area contributed by atoms with Gasteiger partial charge >= 0.3 is 6.09 Å². The molecule has 3 nitrogen and oxygen atoms in total. The smallest absolute Gasteiger partial charge is 0.407 e. The van der Waals surface area contributed by atoms with Crippen LogP contribution in [0.25, 0.3) is 0 Å². The maximum Gasteiger partial charge on any atom is 0.407 e. The van der Waals surface area contributed by atoms with E-state index in [1.807, 2.05) is 20.8 Å². The highest BCUT2D eigenvalue weighted by Gasteiger charge is 2.25. The standard InChI is InChI=1S/C12H23NO2.C3H8/c1-9-7-5-6-8-10(9)13-11(14)15-12(2,3)4;1-3-2/h9-10H,5-8H2,1-4H3,(H,13,14);3H2,1-2H3/t9-,10-;/m0./s1. The van der Waals surface area contributed by atoms with Gasteiger partial charge in [-0.15, -0.1) is 0 Å². The lowest BCUT2D eigenvalue weighted by molar-refractivity contribution is 0.0473. The molecule has 3 heteroatoms. The zero-order chi connectivity index (χ0) is 14.2. The van der Waals surface area contributed by atoms with Crippen LogP contribution in [-0.4, -0.2) is 17.7 Å². The lowest BCUT2D eigenvalue weighted by Gasteiger charge is -2.30. The van der Waals surface area contributed by atoms with E-state index >= 15 is 0 Å². The Kier molecular flexibility index (Phi) is 8.05. The van der Waals surface area contributed by atoms with Gasteiger partial charge in [0, 0.05) is 6.04 Å². The fourth-order valence-electron chi connectivity index (χ4n) is 1.99. The number of hydrogen-bond acceptors (Lipinski definition) is 2.